The number of carbonyl (C=O) groups is 1. The minimum absolute atomic E-state index is 0.00156. The highest BCUT2D eigenvalue weighted by Crippen LogP contribution is 2.61. The first-order chi connectivity index (χ1) is 23.3. The van der Waals surface area contributed by atoms with Crippen LogP contribution < -0.4 is 16.0 Å². The lowest BCUT2D eigenvalue weighted by atomic mass is 10.1. The molecule has 50 heavy (non-hydrogen) atoms. The number of carbonyl (C=O) groups excluding carboxylic acids is 1. The summed E-state index contributed by atoms with van der Waals surface area (Å²) in [6.45, 7) is -2.07. The first kappa shape index (κ1) is 38.2. The number of nitrogen functional groups attached to an aromatic ring is 2. The number of nitrogens with two attached hydrogens (primary N) is 2. The van der Waals surface area contributed by atoms with Crippen LogP contribution in [-0.2, 0) is 45.8 Å². The Morgan fingerprint density at radius 3 is 2.22 bits per heavy atom. The molecule has 2 saturated heterocycles. The summed E-state index contributed by atoms with van der Waals surface area (Å²) in [7, 11) is -15.2. The van der Waals surface area contributed by atoms with Crippen molar-refractivity contribution in [2.24, 2.45) is 0 Å². The molecule has 5 heterocycles. The van der Waals surface area contributed by atoms with Crippen LogP contribution in [0.4, 0.5) is 11.5 Å². The van der Waals surface area contributed by atoms with E-state index < -0.39 is 91.7 Å². The van der Waals surface area contributed by atoms with Gasteiger partial charge in [-0.2, -0.15) is 8.88 Å². The molecule has 0 amide bonds. The van der Waals surface area contributed by atoms with Crippen LogP contribution in [0, 0.1) is 0 Å². The number of pyridine rings is 1. The number of aliphatic hydroxyl groups is 3. The second-order valence-corrected chi connectivity index (χ2v) is 14.8. The number of hydrogen-bond acceptors (Lipinski definition) is 19. The molecule has 0 bridgehead atoms. The minimum atomic E-state index is -5.54. The van der Waals surface area contributed by atoms with E-state index in [-0.39, 0.29) is 28.2 Å². The Hall–Kier alpha value is -3.06. The van der Waals surface area contributed by atoms with Crippen molar-refractivity contribution in [2.75, 3.05) is 31.8 Å². The molecule has 0 aliphatic carbocycles. The summed E-state index contributed by atoms with van der Waals surface area (Å²) in [5.41, 5.74) is 11.5. The van der Waals surface area contributed by atoms with E-state index in [9.17, 15) is 53.4 Å². The number of ether oxygens (including phenoxy) is 3. The normalized spacial score (nSPS) is 29.5. The fourth-order valence-corrected chi connectivity index (χ4v) is 7.63. The van der Waals surface area contributed by atoms with Gasteiger partial charge in [-0.05, 0) is 0 Å². The number of nitrogens with zero attached hydrogens (tertiary/aromatic N) is 5. The van der Waals surface area contributed by atoms with Gasteiger partial charge in [0, 0.05) is 6.07 Å². The minimum Gasteiger partial charge on any atom is -0.465 e. The predicted molar refractivity (Wildman–Crippen MR) is 158 cm³/mol. The summed E-state index contributed by atoms with van der Waals surface area (Å²) < 4.78 is 73.2. The highest BCUT2D eigenvalue weighted by Gasteiger charge is 2.51. The van der Waals surface area contributed by atoms with Crippen LogP contribution in [0.1, 0.15) is 22.8 Å². The number of rotatable bonds is 13. The second kappa shape index (κ2) is 14.5. The average Bonchev–Trinajstić information content (AvgIpc) is 3.68. The van der Waals surface area contributed by atoms with Gasteiger partial charge in [0.1, 0.15) is 47.9 Å². The van der Waals surface area contributed by atoms with Crippen LogP contribution >= 0.6 is 23.5 Å². The first-order valence-corrected chi connectivity index (χ1v) is 18.4. The van der Waals surface area contributed by atoms with Crippen LogP contribution in [0.15, 0.2) is 31.1 Å². The molecule has 10 atom stereocenters. The summed E-state index contributed by atoms with van der Waals surface area (Å²) in [6, 6.07) is 1.29. The Balaban J connectivity index is 1.21. The zero-order chi connectivity index (χ0) is 36.8. The number of imidazole rings is 1. The van der Waals surface area contributed by atoms with Gasteiger partial charge in [-0.3, -0.25) is 18.1 Å². The van der Waals surface area contributed by atoms with Gasteiger partial charge in [-0.15, -0.1) is 0 Å². The lowest BCUT2D eigenvalue weighted by molar-refractivity contribution is -0.765. The van der Waals surface area contributed by atoms with E-state index in [0.29, 0.717) is 0 Å². The summed E-state index contributed by atoms with van der Waals surface area (Å²) in [5.74, 6) is -0.872. The third-order valence-corrected chi connectivity index (χ3v) is 10.4. The molecule has 276 valence electrons. The maximum atomic E-state index is 12.6. The first-order valence-electron chi connectivity index (χ1n) is 13.9. The lowest BCUT2D eigenvalue weighted by Gasteiger charge is -2.22. The Morgan fingerprint density at radius 2 is 1.60 bits per heavy atom. The molecule has 0 radical (unpaired) electrons. The van der Waals surface area contributed by atoms with Gasteiger partial charge < -0.3 is 60.6 Å². The number of fused-ring (bicyclic) bond motifs is 1. The molecule has 0 saturated carbocycles. The molecular formula is C22H31N7O18P3+. The van der Waals surface area contributed by atoms with Crippen molar-refractivity contribution >= 4 is 52.1 Å². The molecule has 28 heteroatoms. The van der Waals surface area contributed by atoms with Crippen molar-refractivity contribution in [1.29, 1.82) is 0 Å². The Bertz CT molecular complexity index is 1880. The van der Waals surface area contributed by atoms with Crippen LogP contribution in [0.5, 0.6) is 0 Å². The summed E-state index contributed by atoms with van der Waals surface area (Å²) >= 11 is 0. The van der Waals surface area contributed by atoms with Gasteiger partial charge in [-0.1, -0.05) is 0 Å². The SMILES string of the molecule is COC(=O)c1c[n+]([C@@H]2O[C@H](COP(=O)(O)OP(=O)(O)OC[C@H]3O[C@@H](n4cnc5c(N)ncnc54)[C@H](OP(=O)(O)O)[C@@H]3O)[C@@H](O)[C@H]2O)ccc1N. The zero-order valence-electron chi connectivity index (χ0n) is 25.3. The summed E-state index contributed by atoms with van der Waals surface area (Å²) in [4.78, 5) is 62.8. The maximum absolute atomic E-state index is 12.6. The number of aliphatic hydroxyl groups excluding tert-OH is 3. The monoisotopic (exact) mass is 774 g/mol. The molecule has 2 aliphatic heterocycles. The molecule has 2 unspecified atom stereocenters. The second-order valence-electron chi connectivity index (χ2n) is 10.6. The van der Waals surface area contributed by atoms with Gasteiger partial charge >= 0.3 is 29.4 Å². The fourth-order valence-electron chi connectivity index (χ4n) is 5.00. The Labute approximate surface area is 279 Å². The van der Waals surface area contributed by atoms with E-state index in [1.165, 1.54) is 23.0 Å². The van der Waals surface area contributed by atoms with Crippen molar-refractivity contribution in [3.8, 4) is 0 Å². The highest BCUT2D eigenvalue weighted by atomic mass is 31.3. The van der Waals surface area contributed by atoms with Crippen molar-refractivity contribution < 1.29 is 90.0 Å². The van der Waals surface area contributed by atoms with E-state index >= 15 is 0 Å². The Kier molecular flexibility index (Phi) is 11.1. The summed E-state index contributed by atoms with van der Waals surface area (Å²) in [5, 5.41) is 31.7. The largest absolute Gasteiger partial charge is 0.481 e. The third-order valence-electron chi connectivity index (χ3n) is 7.30. The topological polar surface area (TPSA) is 374 Å². The molecule has 2 fully saturated rings. The molecular weight excluding hydrogens is 743 g/mol. The predicted octanol–water partition coefficient (Wildman–Crippen LogP) is -2.63. The molecule has 3 aromatic heterocycles. The number of methoxy groups -OCH3 is 1. The standard InChI is InChI=1S/C22H30N7O18P3/c1-41-22(33)9-4-28(3-2-10(9)23)20-16(32)14(30)11(44-20)5-42-49(37,38)47-50(39,40)43-6-12-15(31)17(46-48(34,35)36)21(45-12)29-8-27-13-18(24)25-7-26-19(13)29/h2-4,7-8,11-12,14-17,20-21,23,30-32H,5-6H2,1H3,(H6,24,25,26,34,35,36,37,38,39,40)/p+1/t11-,12-,14-,15-,16-,17-,20-,21-/m1/s1. The number of phosphoric ester groups is 3. The van der Waals surface area contributed by atoms with Gasteiger partial charge in [-0.25, -0.2) is 33.4 Å². The molecule has 0 aromatic carbocycles. The highest BCUT2D eigenvalue weighted by molar-refractivity contribution is 7.61. The molecule has 25 nitrogen and oxygen atoms in total. The molecule has 11 N–H and O–H groups in total. The number of hydrogen-bond donors (Lipinski definition) is 9. The van der Waals surface area contributed by atoms with E-state index in [1.807, 2.05) is 0 Å². The Morgan fingerprint density at radius 1 is 0.960 bits per heavy atom. The molecule has 5 rings (SSSR count). The molecule has 0 spiro atoms. The van der Waals surface area contributed by atoms with E-state index in [2.05, 4.69) is 28.5 Å². The van der Waals surface area contributed by atoms with Gasteiger partial charge in [0.05, 0.1) is 32.3 Å². The zero-order valence-corrected chi connectivity index (χ0v) is 28.0. The smallest absolute Gasteiger partial charge is 0.465 e. The van der Waals surface area contributed by atoms with Crippen LogP contribution in [0.25, 0.3) is 11.2 Å². The van der Waals surface area contributed by atoms with Gasteiger partial charge in [0.2, 0.25) is 0 Å². The number of esters is 1. The third kappa shape index (κ3) is 8.35. The van der Waals surface area contributed by atoms with Crippen molar-refractivity contribution in [2.45, 2.75) is 49.1 Å². The number of aromatic nitrogens is 5. The van der Waals surface area contributed by atoms with Crippen LogP contribution in [0.3, 0.4) is 0 Å². The quantitative estimate of drug-likeness (QED) is 0.0487. The fraction of sp³-hybridized carbons (Fsp3) is 0.500. The summed E-state index contributed by atoms with van der Waals surface area (Å²) in [6.07, 6.45) is -8.73. The average molecular weight is 774 g/mol. The maximum Gasteiger partial charge on any atom is 0.481 e. The van der Waals surface area contributed by atoms with Gasteiger partial charge in [0.25, 0.3) is 6.23 Å². The van der Waals surface area contributed by atoms with Gasteiger partial charge in [0.15, 0.2) is 36.2 Å². The van der Waals surface area contributed by atoms with Crippen molar-refractivity contribution in [1.82, 2.24) is 19.5 Å². The molecule has 3 aromatic rings. The van der Waals surface area contributed by atoms with E-state index in [4.69, 9.17) is 30.0 Å². The van der Waals surface area contributed by atoms with Crippen LogP contribution in [-0.4, -0.2) is 117 Å². The van der Waals surface area contributed by atoms with E-state index in [0.717, 1.165) is 24.3 Å². The van der Waals surface area contributed by atoms with Crippen molar-refractivity contribution in [3.05, 3.63) is 36.7 Å². The number of anilines is 2. The van der Waals surface area contributed by atoms with E-state index in [1.54, 1.807) is 0 Å². The van der Waals surface area contributed by atoms with Crippen LogP contribution in [0.2, 0.25) is 0 Å². The number of phosphoric acid groups is 3. The lowest BCUT2D eigenvalue weighted by Crippen LogP contribution is -2.46. The van der Waals surface area contributed by atoms with Crippen molar-refractivity contribution in [3.63, 3.8) is 0 Å². The molecule has 2 aliphatic rings.